The van der Waals surface area contributed by atoms with Gasteiger partial charge in [0.05, 0.1) is 16.0 Å². The fraction of sp³-hybridized carbons (Fsp3) is 0.115. The van der Waals surface area contributed by atoms with Gasteiger partial charge in [-0.2, -0.15) is 0 Å². The number of hydrogen-bond donors (Lipinski definition) is 1. The first-order valence-corrected chi connectivity index (χ1v) is 12.8. The summed E-state index contributed by atoms with van der Waals surface area (Å²) in [5.41, 5.74) is 4.85. The molecule has 0 aliphatic heterocycles. The Balaban J connectivity index is 1.24. The summed E-state index contributed by atoms with van der Waals surface area (Å²) >= 11 is 3.00. The number of rotatable bonds is 8. The van der Waals surface area contributed by atoms with Gasteiger partial charge in [-0.15, -0.1) is 28.1 Å². The van der Waals surface area contributed by atoms with Crippen LogP contribution in [0.5, 0.6) is 0 Å². The minimum Gasteiger partial charge on any atom is -0.325 e. The molecule has 1 amide bonds. The molecule has 5 aromatic rings. The van der Waals surface area contributed by atoms with Crippen LogP contribution in [0, 0.1) is 6.92 Å². The van der Waals surface area contributed by atoms with E-state index >= 15 is 0 Å². The van der Waals surface area contributed by atoms with Crippen molar-refractivity contribution in [2.75, 3.05) is 11.1 Å². The number of aryl methyl sites for hydroxylation is 1. The van der Waals surface area contributed by atoms with Crippen molar-refractivity contribution in [2.24, 2.45) is 0 Å². The summed E-state index contributed by atoms with van der Waals surface area (Å²) in [6, 6.07) is 17.8. The van der Waals surface area contributed by atoms with Gasteiger partial charge in [0.25, 0.3) is 0 Å². The largest absolute Gasteiger partial charge is 0.325 e. The highest BCUT2D eigenvalue weighted by Gasteiger charge is 2.15. The Hall–Kier alpha value is -3.82. The lowest BCUT2D eigenvalue weighted by Gasteiger charge is -2.08. The van der Waals surface area contributed by atoms with Gasteiger partial charge >= 0.3 is 0 Å². The quantitative estimate of drug-likeness (QED) is 0.214. The zero-order valence-electron chi connectivity index (χ0n) is 19.0. The Morgan fingerprint density at radius 2 is 2.00 bits per heavy atom. The van der Waals surface area contributed by atoms with Gasteiger partial charge in [0.1, 0.15) is 5.01 Å². The number of fused-ring (bicyclic) bond motifs is 1. The molecule has 0 fully saturated rings. The van der Waals surface area contributed by atoms with Crippen molar-refractivity contribution in [1.82, 2.24) is 24.7 Å². The van der Waals surface area contributed by atoms with Crippen molar-refractivity contribution in [3.63, 3.8) is 0 Å². The molecule has 0 spiro atoms. The number of anilines is 1. The normalized spacial score (nSPS) is 11.0. The second-order valence-corrected chi connectivity index (χ2v) is 9.82. The Bertz CT molecular complexity index is 1490. The molecule has 35 heavy (non-hydrogen) atoms. The Morgan fingerprint density at radius 1 is 1.14 bits per heavy atom. The molecular formula is C26H22N6OS2. The second-order valence-electron chi connectivity index (χ2n) is 7.85. The molecule has 3 aromatic heterocycles. The first-order chi connectivity index (χ1) is 17.1. The first kappa shape index (κ1) is 22.9. The van der Waals surface area contributed by atoms with Gasteiger partial charge in [0.2, 0.25) is 5.91 Å². The average molecular weight is 499 g/mol. The smallest absolute Gasteiger partial charge is 0.234 e. The molecule has 0 atom stereocenters. The van der Waals surface area contributed by atoms with Gasteiger partial charge in [-0.25, -0.2) is 4.98 Å². The monoisotopic (exact) mass is 498 g/mol. The third kappa shape index (κ3) is 5.16. The molecule has 0 unspecified atom stereocenters. The molecule has 5 rings (SSSR count). The van der Waals surface area contributed by atoms with Crippen LogP contribution < -0.4 is 5.32 Å². The Morgan fingerprint density at radius 3 is 2.77 bits per heavy atom. The lowest BCUT2D eigenvalue weighted by atomic mass is 10.2. The number of nitrogens with one attached hydrogen (secondary N) is 1. The number of carbonyl (C=O) groups excluding carboxylic acids is 1. The summed E-state index contributed by atoms with van der Waals surface area (Å²) in [4.78, 5) is 21.5. The Kier molecular flexibility index (Phi) is 6.69. The van der Waals surface area contributed by atoms with Crippen LogP contribution in [0.2, 0.25) is 0 Å². The van der Waals surface area contributed by atoms with Crippen LogP contribution in [-0.2, 0) is 11.3 Å². The van der Waals surface area contributed by atoms with E-state index in [1.807, 2.05) is 47.0 Å². The van der Waals surface area contributed by atoms with E-state index in [4.69, 9.17) is 4.98 Å². The SMILES string of the molecule is C=CCn1c(SCC(=O)Nc2ccc(-c3nc4ccc(C)cc4s3)cc2)nnc1-c1cccnc1. The maximum atomic E-state index is 12.6. The van der Waals surface area contributed by atoms with Gasteiger partial charge in [-0.3, -0.25) is 14.3 Å². The van der Waals surface area contributed by atoms with Crippen molar-refractivity contribution in [2.45, 2.75) is 18.6 Å². The van der Waals surface area contributed by atoms with E-state index in [1.54, 1.807) is 29.8 Å². The average Bonchev–Trinajstić information content (AvgIpc) is 3.48. The van der Waals surface area contributed by atoms with E-state index in [1.165, 1.54) is 22.0 Å². The third-order valence-corrected chi connectivity index (χ3v) is 7.27. The predicted molar refractivity (Wildman–Crippen MR) is 143 cm³/mol. The molecule has 9 heteroatoms. The number of carbonyl (C=O) groups is 1. The van der Waals surface area contributed by atoms with Gasteiger partial charge in [-0.1, -0.05) is 23.9 Å². The van der Waals surface area contributed by atoms with Crippen LogP contribution in [-0.4, -0.2) is 36.4 Å². The van der Waals surface area contributed by atoms with E-state index in [0.29, 0.717) is 17.5 Å². The number of benzene rings is 2. The third-order valence-electron chi connectivity index (χ3n) is 5.24. The van der Waals surface area contributed by atoms with Crippen LogP contribution in [0.1, 0.15) is 5.56 Å². The molecular weight excluding hydrogens is 476 g/mol. The molecule has 0 saturated carbocycles. The summed E-state index contributed by atoms with van der Waals surface area (Å²) in [6.07, 6.45) is 5.23. The molecule has 0 aliphatic rings. The van der Waals surface area contributed by atoms with Gasteiger partial charge in [-0.05, 0) is 61.0 Å². The number of thioether (sulfide) groups is 1. The lowest BCUT2D eigenvalue weighted by Crippen LogP contribution is -2.14. The fourth-order valence-electron chi connectivity index (χ4n) is 3.58. The molecule has 0 saturated heterocycles. The standard InChI is InChI=1S/C26H22N6OS2/c1-3-13-32-24(19-5-4-12-27-15-19)30-31-26(32)34-16-23(33)28-20-9-7-18(8-10-20)25-29-21-11-6-17(2)14-22(21)35-25/h3-12,14-15H,1,13,16H2,2H3,(H,28,33). The van der Waals surface area contributed by atoms with E-state index in [9.17, 15) is 4.79 Å². The number of amides is 1. The molecule has 0 bridgehead atoms. The minimum atomic E-state index is -0.116. The fourth-order valence-corrected chi connectivity index (χ4v) is 5.39. The van der Waals surface area contributed by atoms with Gasteiger partial charge in [0.15, 0.2) is 11.0 Å². The summed E-state index contributed by atoms with van der Waals surface area (Å²) in [7, 11) is 0. The van der Waals surface area contributed by atoms with Crippen LogP contribution in [0.3, 0.4) is 0 Å². The highest BCUT2D eigenvalue weighted by atomic mass is 32.2. The number of pyridine rings is 1. The number of aromatic nitrogens is 5. The summed E-state index contributed by atoms with van der Waals surface area (Å²) < 4.78 is 3.10. The molecule has 2 aromatic carbocycles. The van der Waals surface area contributed by atoms with Crippen molar-refractivity contribution in [3.05, 3.63) is 85.2 Å². The van der Waals surface area contributed by atoms with E-state index in [2.05, 4.69) is 46.1 Å². The first-order valence-electron chi connectivity index (χ1n) is 11.0. The van der Waals surface area contributed by atoms with Crippen LogP contribution >= 0.6 is 23.1 Å². The highest BCUT2D eigenvalue weighted by Crippen LogP contribution is 2.31. The maximum Gasteiger partial charge on any atom is 0.234 e. The van der Waals surface area contributed by atoms with Crippen molar-refractivity contribution >= 4 is 44.9 Å². The topological polar surface area (TPSA) is 85.6 Å². The van der Waals surface area contributed by atoms with Crippen molar-refractivity contribution < 1.29 is 4.79 Å². The molecule has 1 N–H and O–H groups in total. The van der Waals surface area contributed by atoms with Crippen LogP contribution in [0.25, 0.3) is 32.2 Å². The van der Waals surface area contributed by atoms with E-state index in [-0.39, 0.29) is 11.7 Å². The summed E-state index contributed by atoms with van der Waals surface area (Å²) in [6.45, 7) is 6.44. The number of hydrogen-bond acceptors (Lipinski definition) is 7. The van der Waals surface area contributed by atoms with Crippen LogP contribution in [0.15, 0.2) is 84.8 Å². The summed E-state index contributed by atoms with van der Waals surface area (Å²) in [5.74, 6) is 0.789. The van der Waals surface area contributed by atoms with E-state index in [0.717, 1.165) is 27.3 Å². The zero-order chi connectivity index (χ0) is 24.2. The second kappa shape index (κ2) is 10.2. The molecule has 3 heterocycles. The predicted octanol–water partition coefficient (Wildman–Crippen LogP) is 5.84. The number of thiazole rings is 1. The molecule has 174 valence electrons. The van der Waals surface area contributed by atoms with Crippen LogP contribution in [0.4, 0.5) is 5.69 Å². The van der Waals surface area contributed by atoms with E-state index < -0.39 is 0 Å². The lowest BCUT2D eigenvalue weighted by molar-refractivity contribution is -0.113. The number of nitrogens with zero attached hydrogens (tertiary/aromatic N) is 5. The highest BCUT2D eigenvalue weighted by molar-refractivity contribution is 7.99. The molecule has 7 nitrogen and oxygen atoms in total. The van der Waals surface area contributed by atoms with Gasteiger partial charge in [0, 0.05) is 35.8 Å². The molecule has 0 aliphatic carbocycles. The number of allylic oxidation sites excluding steroid dienone is 1. The summed E-state index contributed by atoms with van der Waals surface area (Å²) in [5, 5.41) is 13.1. The zero-order valence-corrected chi connectivity index (χ0v) is 20.6. The minimum absolute atomic E-state index is 0.116. The molecule has 0 radical (unpaired) electrons. The van der Waals surface area contributed by atoms with Crippen molar-refractivity contribution in [3.8, 4) is 22.0 Å². The Labute approximate surface area is 211 Å². The maximum absolute atomic E-state index is 12.6. The van der Waals surface area contributed by atoms with Crippen molar-refractivity contribution in [1.29, 1.82) is 0 Å². The van der Waals surface area contributed by atoms with Gasteiger partial charge < -0.3 is 5.32 Å².